The van der Waals surface area contributed by atoms with Crippen molar-refractivity contribution in [3.8, 4) is 0 Å². The van der Waals surface area contributed by atoms with E-state index in [1.165, 1.54) is 12.1 Å². The molecule has 1 rings (SSSR count). The normalized spacial score (nSPS) is 9.38. The van der Waals surface area contributed by atoms with Crippen LogP contribution in [0.15, 0.2) is 30.9 Å². The summed E-state index contributed by atoms with van der Waals surface area (Å²) in [5, 5.41) is 2.35. The van der Waals surface area contributed by atoms with Crippen LogP contribution < -0.4 is 5.32 Å². The molecule has 1 N–H and O–H groups in total. The summed E-state index contributed by atoms with van der Waals surface area (Å²) in [5.41, 5.74) is 0.172. The van der Waals surface area contributed by atoms with Crippen LogP contribution in [0.1, 0.15) is 0 Å². The zero-order valence-corrected chi connectivity index (χ0v) is 8.84. The maximum atomic E-state index is 13.1. The number of nitrogens with one attached hydrogen (secondary N) is 1. The van der Waals surface area contributed by atoms with Gasteiger partial charge in [0.05, 0.1) is 5.69 Å². The van der Waals surface area contributed by atoms with Gasteiger partial charge in [-0.05, 0) is 46.9 Å². The van der Waals surface area contributed by atoms with Crippen LogP contribution >= 0.6 is 22.6 Å². The van der Waals surface area contributed by atoms with E-state index in [2.05, 4.69) is 11.9 Å². The van der Waals surface area contributed by atoms with Gasteiger partial charge in [-0.25, -0.2) is 4.39 Å². The second-order valence-electron chi connectivity index (χ2n) is 2.32. The number of carbonyl (C=O) groups is 1. The van der Waals surface area contributed by atoms with Gasteiger partial charge in [0, 0.05) is 3.57 Å². The lowest BCUT2D eigenvalue weighted by atomic mass is 10.3. The van der Waals surface area contributed by atoms with Gasteiger partial charge in [0.15, 0.2) is 0 Å². The van der Waals surface area contributed by atoms with E-state index in [1.807, 2.05) is 22.6 Å². The number of anilines is 1. The second kappa shape index (κ2) is 4.36. The molecule has 4 heteroatoms. The molecule has 1 aromatic carbocycles. The number of rotatable bonds is 2. The topological polar surface area (TPSA) is 29.1 Å². The van der Waals surface area contributed by atoms with Gasteiger partial charge in [0.2, 0.25) is 5.91 Å². The summed E-state index contributed by atoms with van der Waals surface area (Å²) in [4.78, 5) is 10.8. The average Bonchev–Trinajstić information content (AvgIpc) is 2.09. The third kappa shape index (κ3) is 2.80. The molecule has 13 heavy (non-hydrogen) atoms. The Morgan fingerprint density at radius 2 is 2.31 bits per heavy atom. The molecule has 1 aromatic rings. The van der Waals surface area contributed by atoms with Crippen LogP contribution in [0.25, 0.3) is 0 Å². The molecule has 68 valence electrons. The van der Waals surface area contributed by atoms with E-state index in [0.717, 1.165) is 9.65 Å². The third-order valence-corrected chi connectivity index (χ3v) is 2.05. The van der Waals surface area contributed by atoms with E-state index in [4.69, 9.17) is 0 Å². The molecule has 0 fully saturated rings. The molecule has 2 nitrogen and oxygen atoms in total. The SMILES string of the molecule is C=CC(=O)Nc1ccc(I)cc1F. The summed E-state index contributed by atoms with van der Waals surface area (Å²) < 4.78 is 13.9. The average molecular weight is 291 g/mol. The van der Waals surface area contributed by atoms with Gasteiger partial charge in [-0.3, -0.25) is 4.79 Å². The fraction of sp³-hybridized carbons (Fsp3) is 0. The van der Waals surface area contributed by atoms with E-state index >= 15 is 0 Å². The molecule has 0 aromatic heterocycles. The Morgan fingerprint density at radius 3 is 2.85 bits per heavy atom. The molecule has 0 radical (unpaired) electrons. The Bertz CT molecular complexity index is 351. The Morgan fingerprint density at radius 1 is 1.62 bits per heavy atom. The molecule has 0 unspecified atom stereocenters. The van der Waals surface area contributed by atoms with Gasteiger partial charge in [0.1, 0.15) is 5.82 Å². The summed E-state index contributed by atoms with van der Waals surface area (Å²) >= 11 is 1.99. The molecular weight excluding hydrogens is 284 g/mol. The first kappa shape index (κ1) is 10.2. The van der Waals surface area contributed by atoms with Gasteiger partial charge in [-0.15, -0.1) is 0 Å². The lowest BCUT2D eigenvalue weighted by molar-refractivity contribution is -0.111. The predicted molar refractivity (Wildman–Crippen MR) is 57.9 cm³/mol. The van der Waals surface area contributed by atoms with Crippen LogP contribution in [0.5, 0.6) is 0 Å². The van der Waals surface area contributed by atoms with Crippen molar-refractivity contribution in [3.63, 3.8) is 0 Å². The Kier molecular flexibility index (Phi) is 3.41. The van der Waals surface area contributed by atoms with Crippen LogP contribution in [0.2, 0.25) is 0 Å². The van der Waals surface area contributed by atoms with E-state index in [0.29, 0.717) is 0 Å². The number of benzene rings is 1. The van der Waals surface area contributed by atoms with Crippen molar-refractivity contribution in [1.29, 1.82) is 0 Å². The molecular formula is C9H7FINO. The van der Waals surface area contributed by atoms with Gasteiger partial charge in [-0.1, -0.05) is 6.58 Å². The minimum Gasteiger partial charge on any atom is -0.320 e. The number of hydrogen-bond donors (Lipinski definition) is 1. The molecule has 0 atom stereocenters. The molecule has 0 spiro atoms. The number of carbonyl (C=O) groups excluding carboxylic acids is 1. The molecule has 0 saturated carbocycles. The summed E-state index contributed by atoms with van der Waals surface area (Å²) in [5.74, 6) is -0.859. The van der Waals surface area contributed by atoms with Gasteiger partial charge < -0.3 is 5.32 Å². The fourth-order valence-corrected chi connectivity index (χ4v) is 1.23. The van der Waals surface area contributed by atoms with E-state index in [-0.39, 0.29) is 5.69 Å². The van der Waals surface area contributed by atoms with Gasteiger partial charge in [-0.2, -0.15) is 0 Å². The van der Waals surface area contributed by atoms with E-state index in [1.54, 1.807) is 6.07 Å². The third-order valence-electron chi connectivity index (χ3n) is 1.37. The van der Waals surface area contributed by atoms with Crippen molar-refractivity contribution in [2.75, 3.05) is 5.32 Å². The standard InChI is InChI=1S/C9H7FINO/c1-2-9(13)12-8-4-3-6(11)5-7(8)10/h2-5H,1H2,(H,12,13). The molecule has 0 heterocycles. The van der Waals surface area contributed by atoms with Crippen molar-refractivity contribution in [1.82, 2.24) is 0 Å². The zero-order valence-electron chi connectivity index (χ0n) is 6.68. The molecule has 0 aliphatic heterocycles. The highest BCUT2D eigenvalue weighted by molar-refractivity contribution is 14.1. The van der Waals surface area contributed by atoms with Crippen molar-refractivity contribution in [3.05, 3.63) is 40.2 Å². The minimum absolute atomic E-state index is 0.172. The highest BCUT2D eigenvalue weighted by Gasteiger charge is 2.03. The molecule has 0 aliphatic rings. The van der Waals surface area contributed by atoms with Crippen LogP contribution in [0, 0.1) is 9.39 Å². The zero-order chi connectivity index (χ0) is 9.84. The highest BCUT2D eigenvalue weighted by atomic mass is 127. The summed E-state index contributed by atoms with van der Waals surface area (Å²) in [6, 6.07) is 4.57. The molecule has 0 bridgehead atoms. The lowest BCUT2D eigenvalue weighted by Crippen LogP contribution is -2.08. The Hall–Kier alpha value is -0.910. The Labute approximate surface area is 89.0 Å². The summed E-state index contributed by atoms with van der Waals surface area (Å²) in [6.45, 7) is 3.27. The van der Waals surface area contributed by atoms with Crippen molar-refractivity contribution in [2.24, 2.45) is 0 Å². The first-order chi connectivity index (χ1) is 6.13. The van der Waals surface area contributed by atoms with Gasteiger partial charge >= 0.3 is 0 Å². The van der Waals surface area contributed by atoms with Crippen LogP contribution in [-0.2, 0) is 4.79 Å². The molecule has 0 aliphatic carbocycles. The van der Waals surface area contributed by atoms with E-state index < -0.39 is 11.7 Å². The van der Waals surface area contributed by atoms with Gasteiger partial charge in [0.25, 0.3) is 0 Å². The number of hydrogen-bond acceptors (Lipinski definition) is 1. The predicted octanol–water partition coefficient (Wildman–Crippen LogP) is 2.55. The smallest absolute Gasteiger partial charge is 0.247 e. The quantitative estimate of drug-likeness (QED) is 0.658. The Balaban J connectivity index is 2.89. The number of amides is 1. The second-order valence-corrected chi connectivity index (χ2v) is 3.56. The lowest BCUT2D eigenvalue weighted by Gasteiger charge is -2.03. The van der Waals surface area contributed by atoms with E-state index in [9.17, 15) is 9.18 Å². The first-order valence-electron chi connectivity index (χ1n) is 3.52. The van der Waals surface area contributed by atoms with Crippen molar-refractivity contribution >= 4 is 34.2 Å². The minimum atomic E-state index is -0.442. The molecule has 0 saturated heterocycles. The van der Waals surface area contributed by atoms with Crippen molar-refractivity contribution in [2.45, 2.75) is 0 Å². The number of halogens is 2. The molecule has 1 amide bonds. The largest absolute Gasteiger partial charge is 0.320 e. The summed E-state index contributed by atoms with van der Waals surface area (Å²) in [6.07, 6.45) is 1.09. The highest BCUT2D eigenvalue weighted by Crippen LogP contribution is 2.16. The van der Waals surface area contributed by atoms with Crippen LogP contribution in [0.3, 0.4) is 0 Å². The summed E-state index contributed by atoms with van der Waals surface area (Å²) in [7, 11) is 0. The van der Waals surface area contributed by atoms with Crippen LogP contribution in [-0.4, -0.2) is 5.91 Å². The fourth-order valence-electron chi connectivity index (χ4n) is 0.775. The maximum Gasteiger partial charge on any atom is 0.247 e. The monoisotopic (exact) mass is 291 g/mol. The van der Waals surface area contributed by atoms with Crippen molar-refractivity contribution < 1.29 is 9.18 Å². The van der Waals surface area contributed by atoms with Crippen LogP contribution in [0.4, 0.5) is 10.1 Å². The first-order valence-corrected chi connectivity index (χ1v) is 4.60. The maximum absolute atomic E-state index is 13.1.